The maximum Gasteiger partial charge on any atom is 0.240 e. The van der Waals surface area contributed by atoms with Crippen molar-refractivity contribution in [1.29, 1.82) is 0 Å². The Labute approximate surface area is 128 Å². The number of rotatable bonds is 5. The summed E-state index contributed by atoms with van der Waals surface area (Å²) in [5.74, 6) is -1.95. The largest absolute Gasteiger partial charge is 0.352 e. The SMILES string of the molecule is O=C(CN1C(=O)C2CC=CCC2C1=O)NCC(=O)NC1CC1. The molecule has 7 heteroatoms. The second-order valence-corrected chi connectivity index (χ2v) is 6.04. The molecule has 0 aromatic carbocycles. The van der Waals surface area contributed by atoms with Crippen molar-refractivity contribution in [3.05, 3.63) is 12.2 Å². The lowest BCUT2D eigenvalue weighted by molar-refractivity contribution is -0.143. The molecule has 2 fully saturated rings. The number of carbonyl (C=O) groups excluding carboxylic acids is 4. The molecule has 0 bridgehead atoms. The molecule has 1 saturated carbocycles. The van der Waals surface area contributed by atoms with Crippen molar-refractivity contribution in [3.63, 3.8) is 0 Å². The first kappa shape index (κ1) is 14.7. The molecular weight excluding hydrogens is 286 g/mol. The van der Waals surface area contributed by atoms with Gasteiger partial charge in [0.25, 0.3) is 0 Å². The highest BCUT2D eigenvalue weighted by molar-refractivity contribution is 6.07. The van der Waals surface area contributed by atoms with Crippen molar-refractivity contribution < 1.29 is 19.2 Å². The first-order valence-corrected chi connectivity index (χ1v) is 7.62. The molecule has 2 aliphatic carbocycles. The normalized spacial score (nSPS) is 26.8. The number of hydrogen-bond acceptors (Lipinski definition) is 4. The number of allylic oxidation sites excluding steroid dienone is 2. The summed E-state index contributed by atoms with van der Waals surface area (Å²) in [5.41, 5.74) is 0. The first-order valence-electron chi connectivity index (χ1n) is 7.62. The highest BCUT2D eigenvalue weighted by Crippen LogP contribution is 2.34. The number of hydrogen-bond donors (Lipinski definition) is 2. The Balaban J connectivity index is 1.49. The van der Waals surface area contributed by atoms with Crippen molar-refractivity contribution in [2.24, 2.45) is 11.8 Å². The molecule has 1 saturated heterocycles. The maximum absolute atomic E-state index is 12.2. The van der Waals surface area contributed by atoms with Crippen LogP contribution in [0.5, 0.6) is 0 Å². The lowest BCUT2D eigenvalue weighted by Gasteiger charge is -2.14. The van der Waals surface area contributed by atoms with Crippen LogP contribution in [0.4, 0.5) is 0 Å². The van der Waals surface area contributed by atoms with Gasteiger partial charge in [0.1, 0.15) is 6.54 Å². The van der Waals surface area contributed by atoms with Crippen LogP contribution >= 0.6 is 0 Å². The summed E-state index contributed by atoms with van der Waals surface area (Å²) in [5, 5.41) is 5.20. The maximum atomic E-state index is 12.2. The van der Waals surface area contributed by atoms with Gasteiger partial charge in [-0.1, -0.05) is 12.2 Å². The summed E-state index contributed by atoms with van der Waals surface area (Å²) < 4.78 is 0. The second-order valence-electron chi connectivity index (χ2n) is 6.04. The van der Waals surface area contributed by atoms with E-state index in [1.54, 1.807) is 0 Å². The second kappa shape index (κ2) is 5.90. The topological polar surface area (TPSA) is 95.6 Å². The minimum atomic E-state index is -0.487. The van der Waals surface area contributed by atoms with Crippen LogP contribution in [0.1, 0.15) is 25.7 Å². The molecule has 0 aromatic heterocycles. The van der Waals surface area contributed by atoms with Gasteiger partial charge in [-0.3, -0.25) is 24.1 Å². The molecule has 1 heterocycles. The Hall–Kier alpha value is -2.18. The van der Waals surface area contributed by atoms with Crippen LogP contribution in [0, 0.1) is 11.8 Å². The zero-order chi connectivity index (χ0) is 15.7. The minimum Gasteiger partial charge on any atom is -0.352 e. The lowest BCUT2D eigenvalue weighted by Crippen LogP contribution is -2.44. The summed E-state index contributed by atoms with van der Waals surface area (Å²) in [7, 11) is 0. The third-order valence-electron chi connectivity index (χ3n) is 4.29. The lowest BCUT2D eigenvalue weighted by atomic mass is 9.85. The van der Waals surface area contributed by atoms with Crippen LogP contribution in [-0.2, 0) is 19.2 Å². The number of amides is 4. The van der Waals surface area contributed by atoms with E-state index >= 15 is 0 Å². The highest BCUT2D eigenvalue weighted by Gasteiger charge is 2.47. The third kappa shape index (κ3) is 3.03. The minimum absolute atomic E-state index is 0.125. The number of nitrogens with one attached hydrogen (secondary N) is 2. The van der Waals surface area contributed by atoms with Gasteiger partial charge in [0.15, 0.2) is 0 Å². The van der Waals surface area contributed by atoms with Crippen molar-refractivity contribution >= 4 is 23.6 Å². The van der Waals surface area contributed by atoms with E-state index in [2.05, 4.69) is 10.6 Å². The van der Waals surface area contributed by atoms with Gasteiger partial charge in [-0.25, -0.2) is 0 Å². The van der Waals surface area contributed by atoms with Gasteiger partial charge in [0.05, 0.1) is 18.4 Å². The van der Waals surface area contributed by atoms with Gasteiger partial charge in [0.2, 0.25) is 23.6 Å². The van der Waals surface area contributed by atoms with Crippen molar-refractivity contribution in [2.75, 3.05) is 13.1 Å². The van der Waals surface area contributed by atoms with E-state index in [0.29, 0.717) is 12.8 Å². The van der Waals surface area contributed by atoms with Gasteiger partial charge in [0, 0.05) is 6.04 Å². The molecule has 3 rings (SSSR count). The average molecular weight is 305 g/mol. The molecule has 118 valence electrons. The summed E-state index contributed by atoms with van der Waals surface area (Å²) in [4.78, 5) is 48.7. The molecule has 0 radical (unpaired) electrons. The number of nitrogens with zero attached hydrogens (tertiary/aromatic N) is 1. The van der Waals surface area contributed by atoms with Gasteiger partial charge in [-0.05, 0) is 25.7 Å². The average Bonchev–Trinajstić information content (AvgIpc) is 3.29. The quantitative estimate of drug-likeness (QED) is 0.520. The Morgan fingerprint density at radius 3 is 2.18 bits per heavy atom. The van der Waals surface area contributed by atoms with Crippen LogP contribution in [0.25, 0.3) is 0 Å². The highest BCUT2D eigenvalue weighted by atomic mass is 16.2. The molecule has 1 aliphatic heterocycles. The van der Waals surface area contributed by atoms with Crippen molar-refractivity contribution in [3.8, 4) is 0 Å². The molecule has 4 amide bonds. The van der Waals surface area contributed by atoms with Crippen LogP contribution in [0.2, 0.25) is 0 Å². The standard InChI is InChI=1S/C15H19N3O4/c19-12(17-9-5-6-9)7-16-13(20)8-18-14(21)10-3-1-2-4-11(10)15(18)22/h1-2,9-11H,3-8H2,(H,16,20)(H,17,19). The predicted molar refractivity (Wildman–Crippen MR) is 76.2 cm³/mol. The van der Waals surface area contributed by atoms with Crippen LogP contribution in [0.3, 0.4) is 0 Å². The van der Waals surface area contributed by atoms with Gasteiger partial charge in [-0.2, -0.15) is 0 Å². The van der Waals surface area contributed by atoms with Gasteiger partial charge in [-0.15, -0.1) is 0 Å². The van der Waals surface area contributed by atoms with E-state index in [1.807, 2.05) is 12.2 Å². The molecule has 7 nitrogen and oxygen atoms in total. The Bertz CT molecular complexity index is 527. The van der Waals surface area contributed by atoms with Crippen LogP contribution in [0.15, 0.2) is 12.2 Å². The van der Waals surface area contributed by atoms with Crippen molar-refractivity contribution in [1.82, 2.24) is 15.5 Å². The van der Waals surface area contributed by atoms with E-state index in [-0.39, 0.29) is 48.7 Å². The van der Waals surface area contributed by atoms with Crippen molar-refractivity contribution in [2.45, 2.75) is 31.7 Å². The zero-order valence-electron chi connectivity index (χ0n) is 12.2. The molecule has 22 heavy (non-hydrogen) atoms. The monoisotopic (exact) mass is 305 g/mol. The van der Waals surface area contributed by atoms with E-state index in [9.17, 15) is 19.2 Å². The fourth-order valence-electron chi connectivity index (χ4n) is 2.91. The molecule has 2 N–H and O–H groups in total. The van der Waals surface area contributed by atoms with Crippen LogP contribution < -0.4 is 10.6 Å². The third-order valence-corrected chi connectivity index (χ3v) is 4.29. The Morgan fingerprint density at radius 2 is 1.64 bits per heavy atom. The van der Waals surface area contributed by atoms with Gasteiger partial charge < -0.3 is 10.6 Å². The molecule has 2 unspecified atom stereocenters. The molecule has 3 aliphatic rings. The van der Waals surface area contributed by atoms with E-state index in [0.717, 1.165) is 17.7 Å². The number of likely N-dealkylation sites (tertiary alicyclic amines) is 1. The Kier molecular flexibility index (Phi) is 3.96. The smallest absolute Gasteiger partial charge is 0.240 e. The zero-order valence-corrected chi connectivity index (χ0v) is 12.2. The van der Waals surface area contributed by atoms with E-state index in [4.69, 9.17) is 0 Å². The number of carbonyl (C=O) groups is 4. The van der Waals surface area contributed by atoms with Gasteiger partial charge >= 0.3 is 0 Å². The number of imide groups is 1. The fraction of sp³-hybridized carbons (Fsp3) is 0.600. The predicted octanol–water partition coefficient (Wildman–Crippen LogP) is -0.668. The molecule has 2 atom stereocenters. The Morgan fingerprint density at radius 1 is 1.05 bits per heavy atom. The van der Waals surface area contributed by atoms with E-state index in [1.165, 1.54) is 0 Å². The van der Waals surface area contributed by atoms with Crippen LogP contribution in [-0.4, -0.2) is 47.7 Å². The first-order chi connectivity index (χ1) is 10.6. The molecule has 0 aromatic rings. The summed E-state index contributed by atoms with van der Waals surface area (Å²) in [6.45, 7) is -0.429. The summed E-state index contributed by atoms with van der Waals surface area (Å²) in [6, 6.07) is 0.238. The molecule has 0 spiro atoms. The summed E-state index contributed by atoms with van der Waals surface area (Å²) in [6.07, 6.45) is 6.87. The molecular formula is C15H19N3O4. The number of fused-ring (bicyclic) bond motifs is 1. The summed E-state index contributed by atoms with van der Waals surface area (Å²) >= 11 is 0. The van der Waals surface area contributed by atoms with E-state index < -0.39 is 5.91 Å². The fourth-order valence-corrected chi connectivity index (χ4v) is 2.91.